The fourth-order valence-corrected chi connectivity index (χ4v) is 2.73. The molecule has 1 aromatic rings. The molecular formula is C10H11NO3S. The van der Waals surface area contributed by atoms with E-state index < -0.39 is 12.2 Å². The van der Waals surface area contributed by atoms with Gasteiger partial charge >= 0.3 is 5.97 Å². The maximum atomic E-state index is 10.9. The van der Waals surface area contributed by atoms with E-state index in [1.807, 2.05) is 6.92 Å². The molecule has 1 atom stereocenters. The molecule has 0 saturated carbocycles. The van der Waals surface area contributed by atoms with E-state index in [0.717, 1.165) is 16.9 Å². The highest BCUT2D eigenvalue weighted by Crippen LogP contribution is 2.38. The third kappa shape index (κ3) is 1.64. The van der Waals surface area contributed by atoms with Gasteiger partial charge in [0.2, 0.25) is 0 Å². The van der Waals surface area contributed by atoms with Crippen LogP contribution in [-0.4, -0.2) is 22.4 Å². The molecule has 3 N–H and O–H groups in total. The van der Waals surface area contributed by atoms with Crippen molar-refractivity contribution >= 4 is 28.6 Å². The zero-order valence-corrected chi connectivity index (χ0v) is 8.97. The summed E-state index contributed by atoms with van der Waals surface area (Å²) in [6.45, 7) is 1.98. The van der Waals surface area contributed by atoms with Crippen molar-refractivity contribution in [1.82, 2.24) is 0 Å². The second kappa shape index (κ2) is 3.67. The summed E-state index contributed by atoms with van der Waals surface area (Å²) >= 11 is 1.39. The highest BCUT2D eigenvalue weighted by atomic mass is 32.1. The number of thiophene rings is 1. The van der Waals surface area contributed by atoms with Crippen molar-refractivity contribution in [2.75, 3.05) is 5.32 Å². The SMILES string of the molecule is CCC1=CC(O)Nc2c(C(=O)O)csc21. The van der Waals surface area contributed by atoms with Crippen LogP contribution in [0.1, 0.15) is 28.6 Å². The van der Waals surface area contributed by atoms with Crippen LogP contribution < -0.4 is 5.32 Å². The van der Waals surface area contributed by atoms with Gasteiger partial charge in [0, 0.05) is 5.38 Å². The molecule has 15 heavy (non-hydrogen) atoms. The Labute approximate surface area is 90.9 Å². The zero-order chi connectivity index (χ0) is 11.0. The highest BCUT2D eigenvalue weighted by Gasteiger charge is 2.23. The molecule has 1 unspecified atom stereocenters. The molecule has 0 saturated heterocycles. The second-order valence-corrected chi connectivity index (χ2v) is 4.17. The number of hydrogen-bond acceptors (Lipinski definition) is 4. The number of carboxylic acid groups (broad SMARTS) is 1. The Bertz CT molecular complexity index is 436. The van der Waals surface area contributed by atoms with Gasteiger partial charge in [0.1, 0.15) is 6.23 Å². The lowest BCUT2D eigenvalue weighted by Gasteiger charge is -2.20. The molecule has 0 aromatic carbocycles. The molecule has 80 valence electrons. The predicted molar refractivity (Wildman–Crippen MR) is 59.2 cm³/mol. The highest BCUT2D eigenvalue weighted by molar-refractivity contribution is 7.12. The van der Waals surface area contributed by atoms with Crippen LogP contribution in [-0.2, 0) is 0 Å². The number of anilines is 1. The van der Waals surface area contributed by atoms with E-state index >= 15 is 0 Å². The Hall–Kier alpha value is -1.33. The van der Waals surface area contributed by atoms with Gasteiger partial charge in [-0.15, -0.1) is 11.3 Å². The lowest BCUT2D eigenvalue weighted by atomic mass is 10.0. The smallest absolute Gasteiger partial charge is 0.338 e. The van der Waals surface area contributed by atoms with Crippen LogP contribution in [0.4, 0.5) is 5.69 Å². The Morgan fingerprint density at radius 1 is 1.67 bits per heavy atom. The third-order valence-corrected chi connectivity index (χ3v) is 3.40. The molecule has 1 aliphatic heterocycles. The maximum Gasteiger partial charge on any atom is 0.338 e. The van der Waals surface area contributed by atoms with Crippen molar-refractivity contribution in [3.63, 3.8) is 0 Å². The number of carbonyl (C=O) groups is 1. The van der Waals surface area contributed by atoms with Crippen LogP contribution in [0, 0.1) is 0 Å². The molecule has 0 spiro atoms. The van der Waals surface area contributed by atoms with E-state index in [0.29, 0.717) is 5.69 Å². The first-order chi connectivity index (χ1) is 7.13. The molecule has 4 nitrogen and oxygen atoms in total. The number of hydrogen-bond donors (Lipinski definition) is 3. The molecule has 0 aliphatic carbocycles. The van der Waals surface area contributed by atoms with Crippen LogP contribution in [0.5, 0.6) is 0 Å². The van der Waals surface area contributed by atoms with Gasteiger partial charge in [-0.3, -0.25) is 0 Å². The number of allylic oxidation sites excluding steroid dienone is 1. The topological polar surface area (TPSA) is 69.6 Å². The van der Waals surface area contributed by atoms with E-state index in [9.17, 15) is 9.90 Å². The minimum absolute atomic E-state index is 0.230. The largest absolute Gasteiger partial charge is 0.478 e. The Balaban J connectivity index is 2.52. The van der Waals surface area contributed by atoms with Gasteiger partial charge in [0.05, 0.1) is 16.1 Å². The molecule has 0 fully saturated rings. The van der Waals surface area contributed by atoms with Gasteiger partial charge in [0.15, 0.2) is 0 Å². The number of fused-ring (bicyclic) bond motifs is 1. The van der Waals surface area contributed by atoms with Crippen LogP contribution in [0.25, 0.3) is 5.57 Å². The van der Waals surface area contributed by atoms with E-state index in [-0.39, 0.29) is 5.56 Å². The minimum atomic E-state index is -0.968. The van der Waals surface area contributed by atoms with E-state index in [4.69, 9.17) is 5.11 Å². The van der Waals surface area contributed by atoms with Crippen LogP contribution >= 0.6 is 11.3 Å². The van der Waals surface area contributed by atoms with Crippen LogP contribution in [0.15, 0.2) is 11.5 Å². The number of carboxylic acids is 1. The van der Waals surface area contributed by atoms with Gasteiger partial charge < -0.3 is 15.5 Å². The molecule has 1 aromatic heterocycles. The maximum absolute atomic E-state index is 10.9. The van der Waals surface area contributed by atoms with Gasteiger partial charge in [-0.2, -0.15) is 0 Å². The van der Waals surface area contributed by atoms with Crippen molar-refractivity contribution < 1.29 is 15.0 Å². The zero-order valence-electron chi connectivity index (χ0n) is 8.15. The van der Waals surface area contributed by atoms with Gasteiger partial charge in [-0.1, -0.05) is 6.92 Å². The van der Waals surface area contributed by atoms with Crippen molar-refractivity contribution in [3.8, 4) is 0 Å². The normalized spacial score (nSPS) is 19.1. The summed E-state index contributed by atoms with van der Waals surface area (Å²) in [5.41, 5.74) is 1.77. The summed E-state index contributed by atoms with van der Waals surface area (Å²) in [6.07, 6.45) is 1.70. The van der Waals surface area contributed by atoms with E-state index in [2.05, 4.69) is 5.32 Å². The lowest BCUT2D eigenvalue weighted by Crippen LogP contribution is -2.21. The van der Waals surface area contributed by atoms with E-state index in [1.165, 1.54) is 11.3 Å². The van der Waals surface area contributed by atoms with Gasteiger partial charge in [-0.25, -0.2) is 4.79 Å². The molecule has 0 amide bonds. The third-order valence-electron chi connectivity index (χ3n) is 2.35. The van der Waals surface area contributed by atoms with E-state index in [1.54, 1.807) is 11.5 Å². The predicted octanol–water partition coefficient (Wildman–Crippen LogP) is 1.98. The molecule has 1 aliphatic rings. The number of aromatic carboxylic acids is 1. The lowest BCUT2D eigenvalue weighted by molar-refractivity contribution is 0.0698. The summed E-state index contributed by atoms with van der Waals surface area (Å²) in [6, 6.07) is 0. The number of aliphatic hydroxyl groups is 1. The molecule has 0 radical (unpaired) electrons. The summed E-state index contributed by atoms with van der Waals surface area (Å²) in [5, 5.41) is 22.8. The number of nitrogens with one attached hydrogen (secondary N) is 1. The van der Waals surface area contributed by atoms with Crippen molar-refractivity contribution in [3.05, 3.63) is 21.9 Å². The van der Waals surface area contributed by atoms with Crippen molar-refractivity contribution in [2.45, 2.75) is 19.6 Å². The van der Waals surface area contributed by atoms with Gasteiger partial charge in [-0.05, 0) is 18.1 Å². The fourth-order valence-electron chi connectivity index (χ4n) is 1.63. The molecule has 5 heteroatoms. The quantitative estimate of drug-likeness (QED) is 0.719. The molecule has 2 rings (SSSR count). The van der Waals surface area contributed by atoms with Gasteiger partial charge in [0.25, 0.3) is 0 Å². The molecule has 0 bridgehead atoms. The standard InChI is InChI=1S/C10H11NO3S/c1-2-5-3-7(12)11-8-6(10(13)14)4-15-9(5)8/h3-4,7,11-12H,2H2,1H3,(H,13,14). The second-order valence-electron chi connectivity index (χ2n) is 3.29. The summed E-state index contributed by atoms with van der Waals surface area (Å²) in [5.74, 6) is -0.968. The Morgan fingerprint density at radius 2 is 2.40 bits per heavy atom. The summed E-state index contributed by atoms with van der Waals surface area (Å²) in [7, 11) is 0. The first-order valence-corrected chi connectivity index (χ1v) is 5.52. The van der Waals surface area contributed by atoms with Crippen LogP contribution in [0.2, 0.25) is 0 Å². The van der Waals surface area contributed by atoms with Crippen molar-refractivity contribution in [2.24, 2.45) is 0 Å². The minimum Gasteiger partial charge on any atom is -0.478 e. The number of rotatable bonds is 2. The first kappa shape index (κ1) is 10.2. The Morgan fingerprint density at radius 3 is 3.00 bits per heavy atom. The Kier molecular flexibility index (Phi) is 2.50. The summed E-state index contributed by atoms with van der Waals surface area (Å²) < 4.78 is 0. The average Bonchev–Trinajstić information content (AvgIpc) is 2.59. The summed E-state index contributed by atoms with van der Waals surface area (Å²) in [4.78, 5) is 11.8. The van der Waals surface area contributed by atoms with Crippen molar-refractivity contribution in [1.29, 1.82) is 0 Å². The molecule has 2 heterocycles. The molecular weight excluding hydrogens is 214 g/mol. The fraction of sp³-hybridized carbons (Fsp3) is 0.300. The monoisotopic (exact) mass is 225 g/mol. The average molecular weight is 225 g/mol. The first-order valence-electron chi connectivity index (χ1n) is 4.64. The van der Waals surface area contributed by atoms with Crippen LogP contribution in [0.3, 0.4) is 0 Å². The number of aliphatic hydroxyl groups excluding tert-OH is 1.